The highest BCUT2D eigenvalue weighted by Gasteiger charge is 2.17. The van der Waals surface area contributed by atoms with Gasteiger partial charge in [0.25, 0.3) is 0 Å². The van der Waals surface area contributed by atoms with E-state index in [-0.39, 0.29) is 23.1 Å². The van der Waals surface area contributed by atoms with Crippen LogP contribution in [-0.4, -0.2) is 42.7 Å². The molecule has 0 unspecified atom stereocenters. The van der Waals surface area contributed by atoms with Crippen molar-refractivity contribution in [1.82, 2.24) is 0 Å². The molecule has 2 aromatic rings. The highest BCUT2D eigenvalue weighted by Crippen LogP contribution is 2.16. The summed E-state index contributed by atoms with van der Waals surface area (Å²) in [6, 6.07) is 13.7. The molecule has 0 saturated heterocycles. The van der Waals surface area contributed by atoms with E-state index >= 15 is 0 Å². The predicted molar refractivity (Wildman–Crippen MR) is 100.0 cm³/mol. The van der Waals surface area contributed by atoms with Crippen molar-refractivity contribution in [2.45, 2.75) is 0 Å². The van der Waals surface area contributed by atoms with Crippen LogP contribution in [0.1, 0.15) is 41.4 Å². The summed E-state index contributed by atoms with van der Waals surface area (Å²) in [5.41, 5.74) is 2.02. The van der Waals surface area contributed by atoms with Crippen molar-refractivity contribution < 1.29 is 19.2 Å². The molecule has 6 radical (unpaired) electrons. The number of allylic oxidation sites excluding steroid dienone is 4. The second-order valence-corrected chi connectivity index (χ2v) is 5.21. The van der Waals surface area contributed by atoms with Crippen molar-refractivity contribution in [3.8, 4) is 0 Å². The minimum absolute atomic E-state index is 0.0924. The third-order valence-electron chi connectivity index (χ3n) is 3.69. The Morgan fingerprint density at radius 3 is 0.808 bits per heavy atom. The molecule has 124 valence electrons. The maximum Gasteiger partial charge on any atom is 0.186 e. The van der Waals surface area contributed by atoms with Crippen LogP contribution in [0.25, 0.3) is 0 Å². The van der Waals surface area contributed by atoms with E-state index in [0.717, 1.165) is 0 Å². The summed E-state index contributed by atoms with van der Waals surface area (Å²) in [6.07, 6.45) is 5.24. The fraction of sp³-hybridized carbons (Fsp3) is 0. The number of rotatable bonds is 0. The van der Waals surface area contributed by atoms with Gasteiger partial charge in [0.2, 0.25) is 0 Å². The molecule has 0 heterocycles. The monoisotopic (exact) mass is 372 g/mol. The first-order valence-electron chi connectivity index (χ1n) is 7.54. The van der Waals surface area contributed by atoms with E-state index in [9.17, 15) is 19.2 Å². The second-order valence-electron chi connectivity index (χ2n) is 5.21. The SMILES string of the molecule is O=C1C=CC(=O)c2ccccc21.O=C1C=CC(=O)c2ccccc21.[Si][Si]. The zero-order valence-corrected chi connectivity index (χ0v) is 15.6. The molecule has 0 N–H and O–H groups in total. The van der Waals surface area contributed by atoms with Gasteiger partial charge in [0, 0.05) is 41.8 Å². The lowest BCUT2D eigenvalue weighted by molar-refractivity contribution is 0.0994. The molecule has 0 fully saturated rings. The molecular weight excluding hydrogens is 360 g/mol. The Hall–Kier alpha value is -2.97. The third kappa shape index (κ3) is 4.16. The lowest BCUT2D eigenvalue weighted by Crippen LogP contribution is -2.10. The largest absolute Gasteiger partial charge is 0.289 e. The van der Waals surface area contributed by atoms with Crippen molar-refractivity contribution in [3.63, 3.8) is 0 Å². The minimum Gasteiger partial charge on any atom is -0.289 e. The quantitative estimate of drug-likeness (QED) is 0.666. The molecule has 4 rings (SSSR count). The number of hydrogen-bond donors (Lipinski definition) is 0. The summed E-state index contributed by atoms with van der Waals surface area (Å²) < 4.78 is 0. The maximum atomic E-state index is 11.2. The number of benzene rings is 2. The van der Waals surface area contributed by atoms with Crippen molar-refractivity contribution >= 4 is 42.7 Å². The second kappa shape index (κ2) is 8.93. The Kier molecular flexibility index (Phi) is 6.65. The molecule has 0 aliphatic heterocycles. The van der Waals surface area contributed by atoms with Gasteiger partial charge in [0.1, 0.15) is 0 Å². The van der Waals surface area contributed by atoms with E-state index in [2.05, 4.69) is 19.5 Å². The van der Waals surface area contributed by atoms with Crippen LogP contribution in [0, 0.1) is 0 Å². The van der Waals surface area contributed by atoms with E-state index in [1.807, 2.05) is 0 Å². The van der Waals surface area contributed by atoms with Crippen LogP contribution in [0.3, 0.4) is 0 Å². The summed E-state index contributed by atoms with van der Waals surface area (Å²) in [5, 5.41) is 0. The molecule has 0 atom stereocenters. The van der Waals surface area contributed by atoms with E-state index < -0.39 is 0 Å². The van der Waals surface area contributed by atoms with Crippen LogP contribution in [0.15, 0.2) is 72.8 Å². The number of ketones is 4. The number of hydrogen-bond acceptors (Lipinski definition) is 4. The van der Waals surface area contributed by atoms with Gasteiger partial charge < -0.3 is 0 Å². The van der Waals surface area contributed by atoms with Crippen LogP contribution >= 0.6 is 0 Å². The summed E-state index contributed by atoms with van der Waals surface area (Å²) in [6.45, 7) is 0. The van der Waals surface area contributed by atoms with Gasteiger partial charge in [-0.25, -0.2) is 0 Å². The van der Waals surface area contributed by atoms with E-state index in [1.165, 1.54) is 24.3 Å². The normalized spacial score (nSPS) is 13.8. The maximum absolute atomic E-state index is 11.2. The molecule has 0 saturated carbocycles. The lowest BCUT2D eigenvalue weighted by atomic mass is 9.95. The topological polar surface area (TPSA) is 68.3 Å². The third-order valence-corrected chi connectivity index (χ3v) is 3.69. The van der Waals surface area contributed by atoms with Crippen molar-refractivity contribution in [1.29, 1.82) is 0 Å². The van der Waals surface area contributed by atoms with Crippen molar-refractivity contribution in [2.24, 2.45) is 0 Å². The molecule has 0 bridgehead atoms. The molecule has 2 aliphatic carbocycles. The fourth-order valence-corrected chi connectivity index (χ4v) is 2.49. The first kappa shape index (κ1) is 19.4. The minimum atomic E-state index is -0.0924. The van der Waals surface area contributed by atoms with Crippen LogP contribution in [-0.2, 0) is 0 Å². The van der Waals surface area contributed by atoms with E-state index in [4.69, 9.17) is 0 Å². The average molecular weight is 372 g/mol. The van der Waals surface area contributed by atoms with E-state index in [0.29, 0.717) is 22.3 Å². The van der Waals surface area contributed by atoms with Crippen molar-refractivity contribution in [2.75, 3.05) is 0 Å². The first-order valence-corrected chi connectivity index (χ1v) is 9.54. The van der Waals surface area contributed by atoms with Gasteiger partial charge in [-0.05, 0) is 24.3 Å². The fourth-order valence-electron chi connectivity index (χ4n) is 2.49. The smallest absolute Gasteiger partial charge is 0.186 e. The summed E-state index contributed by atoms with van der Waals surface area (Å²) in [4.78, 5) is 44.8. The summed E-state index contributed by atoms with van der Waals surface area (Å²) >= 11 is 0. The van der Waals surface area contributed by atoms with Crippen LogP contribution < -0.4 is 0 Å². The number of fused-ring (bicyclic) bond motifs is 2. The molecule has 0 spiro atoms. The van der Waals surface area contributed by atoms with E-state index in [1.54, 1.807) is 48.5 Å². The standard InChI is InChI=1S/2C10H6O2.Si2/c2*11-9-5-6-10(12)8-4-2-1-3-7(8)9;1-2/h2*1-6H;. The Morgan fingerprint density at radius 2 is 0.615 bits per heavy atom. The molecule has 0 aromatic heterocycles. The molecule has 2 aliphatic rings. The van der Waals surface area contributed by atoms with Crippen LogP contribution in [0.5, 0.6) is 0 Å². The predicted octanol–water partition coefficient (Wildman–Crippen LogP) is 2.48. The van der Waals surface area contributed by atoms with Gasteiger partial charge in [0.15, 0.2) is 23.1 Å². The van der Waals surface area contributed by atoms with Gasteiger partial charge >= 0.3 is 0 Å². The molecular formula is C20H12O4Si2. The van der Waals surface area contributed by atoms with Gasteiger partial charge in [-0.3, -0.25) is 19.2 Å². The van der Waals surface area contributed by atoms with Gasteiger partial charge in [-0.15, -0.1) is 0 Å². The zero-order chi connectivity index (χ0) is 19.1. The number of carbonyl (C=O) groups excluding carboxylic acids is 4. The molecule has 2 aromatic carbocycles. The Balaban J connectivity index is 0.000000171. The number of carbonyl (C=O) groups is 4. The highest BCUT2D eigenvalue weighted by molar-refractivity contribution is 6.75. The Labute approximate surface area is 157 Å². The van der Waals surface area contributed by atoms with Crippen LogP contribution in [0.2, 0.25) is 0 Å². The zero-order valence-electron chi connectivity index (χ0n) is 13.6. The van der Waals surface area contributed by atoms with Gasteiger partial charge in [-0.2, -0.15) is 0 Å². The average Bonchev–Trinajstić information content (AvgIpc) is 2.70. The molecule has 26 heavy (non-hydrogen) atoms. The molecule has 0 amide bonds. The molecule has 4 nitrogen and oxygen atoms in total. The van der Waals surface area contributed by atoms with Crippen molar-refractivity contribution in [3.05, 3.63) is 95.1 Å². The van der Waals surface area contributed by atoms with Gasteiger partial charge in [-0.1, -0.05) is 48.5 Å². The molecule has 6 heteroatoms. The Morgan fingerprint density at radius 1 is 0.423 bits per heavy atom. The van der Waals surface area contributed by atoms with Crippen LogP contribution in [0.4, 0.5) is 0 Å². The first-order chi connectivity index (χ1) is 12.6. The summed E-state index contributed by atoms with van der Waals surface area (Å²) in [7, 11) is 5.56. The summed E-state index contributed by atoms with van der Waals surface area (Å²) in [5.74, 6) is -0.370. The highest BCUT2D eigenvalue weighted by atomic mass is 29.1. The lowest BCUT2D eigenvalue weighted by Gasteiger charge is -2.06. The Bertz CT molecular complexity index is 791. The van der Waals surface area contributed by atoms with Gasteiger partial charge in [0.05, 0.1) is 0 Å².